The van der Waals surface area contributed by atoms with E-state index in [-0.39, 0.29) is 60.8 Å². The second-order valence-corrected chi connectivity index (χ2v) is 12.2. The van der Waals surface area contributed by atoms with Gasteiger partial charge in [-0.1, -0.05) is 18.2 Å². The number of halogens is 4. The minimum Gasteiger partial charge on any atom is -0.491 e. The normalized spacial score (nSPS) is 15.8. The zero-order valence-corrected chi connectivity index (χ0v) is 27.4. The van der Waals surface area contributed by atoms with Crippen molar-refractivity contribution in [3.05, 3.63) is 119 Å². The summed E-state index contributed by atoms with van der Waals surface area (Å²) in [6, 6.07) is 18.1. The Morgan fingerprint density at radius 2 is 1.68 bits per heavy atom. The molecule has 16 heteroatoms. The van der Waals surface area contributed by atoms with Gasteiger partial charge in [0.05, 0.1) is 40.9 Å². The number of imidazole rings is 1. The molecule has 2 aliphatic heterocycles. The van der Waals surface area contributed by atoms with Crippen molar-refractivity contribution in [2.24, 2.45) is 0 Å². The third-order valence-corrected chi connectivity index (χ3v) is 8.66. The van der Waals surface area contributed by atoms with E-state index in [4.69, 9.17) is 9.47 Å². The molecular formula is C37H27F4N5O7. The number of carbonyl (C=O) groups is 5. The number of hydrogen-bond acceptors (Lipinski definition) is 8. The van der Waals surface area contributed by atoms with Gasteiger partial charge in [0.25, 0.3) is 17.7 Å². The lowest BCUT2D eigenvalue weighted by molar-refractivity contribution is -0.138. The number of rotatable bonds is 10. The maximum absolute atomic E-state index is 14.1. The molecule has 5 aromatic rings. The molecule has 1 aromatic heterocycles. The van der Waals surface area contributed by atoms with E-state index < -0.39 is 53.1 Å². The quantitative estimate of drug-likeness (QED) is 0.110. The van der Waals surface area contributed by atoms with E-state index in [1.807, 2.05) is 0 Å². The van der Waals surface area contributed by atoms with Crippen LogP contribution in [0.4, 0.5) is 23.5 Å². The number of nitrogens with zero attached hydrogens (tertiary/aromatic N) is 3. The molecule has 3 heterocycles. The highest BCUT2D eigenvalue weighted by Crippen LogP contribution is 2.32. The topological polar surface area (TPSA) is 149 Å². The maximum Gasteiger partial charge on any atom is 0.416 e. The van der Waals surface area contributed by atoms with Crippen molar-refractivity contribution < 1.29 is 51.0 Å². The van der Waals surface area contributed by atoms with Crippen LogP contribution >= 0.6 is 0 Å². The number of piperidine rings is 1. The molecule has 1 fully saturated rings. The Labute approximate surface area is 297 Å². The Hall–Kier alpha value is -6.42. The molecule has 2 aliphatic rings. The van der Waals surface area contributed by atoms with Crippen molar-refractivity contribution >= 4 is 46.5 Å². The SMILES string of the molecule is O=C1CCC(N2C(=O)c3ccc(OCCOCc4ccc(-n5c(NC(=O)c6cccc(C(F)(F)F)c6)nc6cc(F)ccc65)cc4)cc3C2=O)C(=O)N1. The second kappa shape index (κ2) is 14.0. The van der Waals surface area contributed by atoms with Crippen molar-refractivity contribution in [2.45, 2.75) is 31.7 Å². The lowest BCUT2D eigenvalue weighted by Crippen LogP contribution is -2.54. The molecule has 53 heavy (non-hydrogen) atoms. The van der Waals surface area contributed by atoms with E-state index in [2.05, 4.69) is 15.6 Å². The monoisotopic (exact) mass is 729 g/mol. The molecule has 0 aliphatic carbocycles. The third-order valence-electron chi connectivity index (χ3n) is 8.66. The van der Waals surface area contributed by atoms with Gasteiger partial charge in [0, 0.05) is 23.7 Å². The molecule has 5 amide bonds. The standard InChI is InChI=1S/C37H27F4N5O7/c38-23-6-11-29-28(17-23)42-36(44-32(48)21-2-1-3-22(16-21)37(39,40)41)45(29)24-7-4-20(5-8-24)19-52-14-15-53-25-9-10-26-27(18-25)35(51)46(34(26)50)30-12-13-31(47)43-33(30)49/h1-11,16-18,30H,12-15,19H2,(H,42,44,48)(H,43,47,49). The van der Waals surface area contributed by atoms with E-state index in [0.717, 1.165) is 28.7 Å². The van der Waals surface area contributed by atoms with Crippen LogP contribution in [0.5, 0.6) is 5.75 Å². The number of alkyl halides is 3. The van der Waals surface area contributed by atoms with Gasteiger partial charge in [-0.2, -0.15) is 13.2 Å². The largest absolute Gasteiger partial charge is 0.491 e. The van der Waals surface area contributed by atoms with Crippen LogP contribution in [-0.2, 0) is 27.1 Å². The minimum absolute atomic E-state index is 0.0160. The Bertz CT molecular complexity index is 2310. The fourth-order valence-corrected chi connectivity index (χ4v) is 6.10. The van der Waals surface area contributed by atoms with Gasteiger partial charge in [-0.05, 0) is 72.6 Å². The van der Waals surface area contributed by atoms with E-state index in [9.17, 15) is 41.5 Å². The van der Waals surface area contributed by atoms with Crippen LogP contribution in [0.2, 0.25) is 0 Å². The molecule has 1 saturated heterocycles. The zero-order valence-electron chi connectivity index (χ0n) is 27.4. The number of ether oxygens (including phenoxy) is 2. The lowest BCUT2D eigenvalue weighted by atomic mass is 10.0. The molecule has 1 atom stereocenters. The van der Waals surface area contributed by atoms with E-state index in [0.29, 0.717) is 17.0 Å². The summed E-state index contributed by atoms with van der Waals surface area (Å²) in [5, 5.41) is 4.70. The van der Waals surface area contributed by atoms with Crippen molar-refractivity contribution in [3.63, 3.8) is 0 Å². The fraction of sp³-hybridized carbons (Fsp3) is 0.189. The molecule has 2 N–H and O–H groups in total. The summed E-state index contributed by atoms with van der Waals surface area (Å²) in [5.41, 5.74) is 0.927. The number of carbonyl (C=O) groups excluding carboxylic acids is 5. The van der Waals surface area contributed by atoms with Crippen LogP contribution in [-0.4, -0.2) is 63.2 Å². The lowest BCUT2D eigenvalue weighted by Gasteiger charge is -2.27. The van der Waals surface area contributed by atoms with Crippen LogP contribution in [0.3, 0.4) is 0 Å². The maximum atomic E-state index is 14.1. The molecule has 0 radical (unpaired) electrons. The van der Waals surface area contributed by atoms with Crippen molar-refractivity contribution in [2.75, 3.05) is 18.5 Å². The number of amides is 5. The van der Waals surface area contributed by atoms with Gasteiger partial charge in [-0.3, -0.25) is 44.1 Å². The highest BCUT2D eigenvalue weighted by molar-refractivity contribution is 6.23. The minimum atomic E-state index is -4.64. The molecule has 0 saturated carbocycles. The number of aromatic nitrogens is 2. The van der Waals surface area contributed by atoms with Gasteiger partial charge >= 0.3 is 6.18 Å². The first-order valence-corrected chi connectivity index (χ1v) is 16.2. The van der Waals surface area contributed by atoms with E-state index >= 15 is 0 Å². The summed E-state index contributed by atoms with van der Waals surface area (Å²) in [5.74, 6) is -3.55. The van der Waals surface area contributed by atoms with Crippen LogP contribution in [0.15, 0.2) is 84.9 Å². The van der Waals surface area contributed by atoms with Crippen molar-refractivity contribution in [3.8, 4) is 11.4 Å². The number of imide groups is 2. The smallest absolute Gasteiger partial charge is 0.416 e. The molecule has 0 spiro atoms. The number of nitrogens with one attached hydrogen (secondary N) is 2. The number of hydrogen-bond donors (Lipinski definition) is 2. The predicted octanol–water partition coefficient (Wildman–Crippen LogP) is 5.43. The number of fused-ring (bicyclic) bond motifs is 2. The first-order chi connectivity index (χ1) is 25.4. The Balaban J connectivity index is 0.975. The Kier molecular flexibility index (Phi) is 9.21. The summed E-state index contributed by atoms with van der Waals surface area (Å²) in [6.45, 7) is 0.427. The molecule has 7 rings (SSSR count). The predicted molar refractivity (Wildman–Crippen MR) is 179 cm³/mol. The summed E-state index contributed by atoms with van der Waals surface area (Å²) < 4.78 is 66.8. The van der Waals surface area contributed by atoms with Gasteiger partial charge in [0.1, 0.15) is 24.2 Å². The number of benzene rings is 4. The van der Waals surface area contributed by atoms with Gasteiger partial charge in [-0.15, -0.1) is 0 Å². The van der Waals surface area contributed by atoms with E-state index in [1.165, 1.54) is 47.0 Å². The molecule has 4 aromatic carbocycles. The highest BCUT2D eigenvalue weighted by Gasteiger charge is 2.44. The number of anilines is 1. The molecular weight excluding hydrogens is 702 g/mol. The summed E-state index contributed by atoms with van der Waals surface area (Å²) in [7, 11) is 0. The van der Waals surface area contributed by atoms with Gasteiger partial charge < -0.3 is 9.47 Å². The summed E-state index contributed by atoms with van der Waals surface area (Å²) in [4.78, 5) is 68.0. The van der Waals surface area contributed by atoms with E-state index in [1.54, 1.807) is 24.3 Å². The van der Waals surface area contributed by atoms with Crippen LogP contribution < -0.4 is 15.4 Å². The van der Waals surface area contributed by atoms with Gasteiger partial charge in [0.15, 0.2) is 0 Å². The summed E-state index contributed by atoms with van der Waals surface area (Å²) in [6.07, 6.45) is -4.58. The van der Waals surface area contributed by atoms with Crippen molar-refractivity contribution in [1.82, 2.24) is 19.8 Å². The van der Waals surface area contributed by atoms with Crippen molar-refractivity contribution in [1.29, 1.82) is 0 Å². The molecule has 0 bridgehead atoms. The third kappa shape index (κ3) is 7.08. The molecule has 1 unspecified atom stereocenters. The highest BCUT2D eigenvalue weighted by atomic mass is 19.4. The zero-order chi connectivity index (χ0) is 37.4. The molecule has 270 valence electrons. The van der Waals surface area contributed by atoms with Gasteiger partial charge in [-0.25, -0.2) is 9.37 Å². The first-order valence-electron chi connectivity index (χ1n) is 16.2. The average Bonchev–Trinajstić information content (AvgIpc) is 3.60. The Morgan fingerprint density at radius 1 is 0.906 bits per heavy atom. The van der Waals surface area contributed by atoms with Gasteiger partial charge in [0.2, 0.25) is 17.8 Å². The summed E-state index contributed by atoms with van der Waals surface area (Å²) >= 11 is 0. The van der Waals surface area contributed by atoms with Crippen LogP contribution in [0.1, 0.15) is 55.0 Å². The molecule has 12 nitrogen and oxygen atoms in total. The Morgan fingerprint density at radius 3 is 2.43 bits per heavy atom. The average molecular weight is 730 g/mol. The second-order valence-electron chi connectivity index (χ2n) is 12.2. The van der Waals surface area contributed by atoms with Crippen LogP contribution in [0, 0.1) is 5.82 Å². The van der Waals surface area contributed by atoms with Crippen LogP contribution in [0.25, 0.3) is 16.7 Å². The fourth-order valence-electron chi connectivity index (χ4n) is 6.10. The first kappa shape index (κ1) is 35.0.